The lowest BCUT2D eigenvalue weighted by Gasteiger charge is -2.23. The Labute approximate surface area is 111 Å². The van der Waals surface area contributed by atoms with E-state index in [1.54, 1.807) is 6.33 Å². The highest BCUT2D eigenvalue weighted by atomic mass is 15.3. The Morgan fingerprint density at radius 1 is 1.17 bits per heavy atom. The number of aromatic nitrogens is 3. The first-order valence-electron chi connectivity index (χ1n) is 7.35. The van der Waals surface area contributed by atoms with E-state index < -0.39 is 0 Å². The van der Waals surface area contributed by atoms with Gasteiger partial charge in [0, 0.05) is 19.0 Å². The number of hydrogen-bond acceptors (Lipinski definition) is 3. The number of hydrogen-bond donors (Lipinski definition) is 1. The molecule has 2 N–H and O–H groups in total. The third-order valence-electron chi connectivity index (χ3n) is 3.47. The molecule has 0 radical (unpaired) electrons. The molecule has 0 amide bonds. The molecule has 0 aliphatic carbocycles. The number of aryl methyl sites for hydroxylation is 1. The highest BCUT2D eigenvalue weighted by Gasteiger charge is 2.18. The van der Waals surface area contributed by atoms with Crippen molar-refractivity contribution in [2.45, 2.75) is 71.9 Å². The summed E-state index contributed by atoms with van der Waals surface area (Å²) < 4.78 is 1.99. The lowest BCUT2D eigenvalue weighted by Crippen LogP contribution is -2.33. The van der Waals surface area contributed by atoms with Crippen LogP contribution in [0.3, 0.4) is 0 Å². The molecule has 0 aliphatic heterocycles. The molecule has 1 aromatic rings. The molecule has 1 aromatic heterocycles. The minimum Gasteiger partial charge on any atom is -0.327 e. The van der Waals surface area contributed by atoms with Gasteiger partial charge >= 0.3 is 0 Å². The number of rotatable bonds is 9. The normalized spacial score (nSPS) is 13.2. The summed E-state index contributed by atoms with van der Waals surface area (Å²) in [4.78, 5) is 4.35. The van der Waals surface area contributed by atoms with Gasteiger partial charge in [-0.25, -0.2) is 4.98 Å². The molecule has 4 heteroatoms. The summed E-state index contributed by atoms with van der Waals surface area (Å²) in [6, 6.07) is 0.213. The van der Waals surface area contributed by atoms with E-state index in [2.05, 4.69) is 30.9 Å². The van der Waals surface area contributed by atoms with Crippen molar-refractivity contribution in [2.75, 3.05) is 0 Å². The van der Waals surface area contributed by atoms with Crippen molar-refractivity contribution >= 4 is 0 Å². The first-order valence-corrected chi connectivity index (χ1v) is 7.35. The van der Waals surface area contributed by atoms with Crippen molar-refractivity contribution in [3.63, 3.8) is 0 Å². The largest absolute Gasteiger partial charge is 0.327 e. The van der Waals surface area contributed by atoms with Gasteiger partial charge in [-0.2, -0.15) is 5.10 Å². The predicted molar refractivity (Wildman–Crippen MR) is 75.3 cm³/mol. The van der Waals surface area contributed by atoms with Crippen LogP contribution < -0.4 is 5.73 Å². The third-order valence-corrected chi connectivity index (χ3v) is 3.47. The van der Waals surface area contributed by atoms with Crippen LogP contribution in [0, 0.1) is 5.92 Å². The Morgan fingerprint density at radius 3 is 2.39 bits per heavy atom. The molecule has 0 saturated heterocycles. The third kappa shape index (κ3) is 4.41. The van der Waals surface area contributed by atoms with Crippen LogP contribution in [0.25, 0.3) is 0 Å². The molecule has 1 rings (SSSR count). The Bertz CT molecular complexity index is 315. The second-order valence-corrected chi connectivity index (χ2v) is 5.10. The first-order chi connectivity index (χ1) is 8.72. The summed E-state index contributed by atoms with van der Waals surface area (Å²) in [5.41, 5.74) is 6.37. The van der Waals surface area contributed by atoms with Crippen LogP contribution in [-0.4, -0.2) is 20.8 Å². The molecule has 0 fully saturated rings. The molecular weight excluding hydrogens is 224 g/mol. The maximum Gasteiger partial charge on any atom is 0.138 e. The smallest absolute Gasteiger partial charge is 0.138 e. The lowest BCUT2D eigenvalue weighted by atomic mass is 9.89. The van der Waals surface area contributed by atoms with Crippen molar-refractivity contribution in [2.24, 2.45) is 11.7 Å². The van der Waals surface area contributed by atoms with Crippen LogP contribution in [-0.2, 0) is 13.0 Å². The molecule has 0 aliphatic rings. The summed E-state index contributed by atoms with van der Waals surface area (Å²) in [5.74, 6) is 1.66. The van der Waals surface area contributed by atoms with Gasteiger partial charge in [0.2, 0.25) is 0 Å². The van der Waals surface area contributed by atoms with Crippen LogP contribution in [0.5, 0.6) is 0 Å². The first kappa shape index (κ1) is 15.2. The fraction of sp³-hybridized carbons (Fsp3) is 0.857. The van der Waals surface area contributed by atoms with Gasteiger partial charge in [0.25, 0.3) is 0 Å². The quantitative estimate of drug-likeness (QED) is 0.735. The maximum absolute atomic E-state index is 6.37. The number of nitrogens with two attached hydrogens (primary N) is 1. The lowest BCUT2D eigenvalue weighted by molar-refractivity contribution is 0.351. The minimum absolute atomic E-state index is 0.213. The zero-order valence-electron chi connectivity index (χ0n) is 12.1. The molecule has 0 bridgehead atoms. The van der Waals surface area contributed by atoms with Crippen molar-refractivity contribution in [3.8, 4) is 0 Å². The predicted octanol–water partition coefficient (Wildman–Crippen LogP) is 2.77. The second kappa shape index (κ2) is 8.25. The van der Waals surface area contributed by atoms with Gasteiger partial charge < -0.3 is 5.73 Å². The van der Waals surface area contributed by atoms with Gasteiger partial charge in [0.15, 0.2) is 0 Å². The topological polar surface area (TPSA) is 56.7 Å². The van der Waals surface area contributed by atoms with E-state index in [9.17, 15) is 0 Å². The highest BCUT2D eigenvalue weighted by Crippen LogP contribution is 2.19. The summed E-state index contributed by atoms with van der Waals surface area (Å²) in [6.45, 7) is 7.56. The summed E-state index contributed by atoms with van der Waals surface area (Å²) in [5, 5.41) is 4.26. The summed E-state index contributed by atoms with van der Waals surface area (Å²) >= 11 is 0. The van der Waals surface area contributed by atoms with Gasteiger partial charge in [-0.1, -0.05) is 33.6 Å². The molecule has 1 unspecified atom stereocenters. The van der Waals surface area contributed by atoms with E-state index in [-0.39, 0.29) is 6.04 Å². The maximum atomic E-state index is 6.37. The fourth-order valence-electron chi connectivity index (χ4n) is 2.54. The Morgan fingerprint density at radius 2 is 1.83 bits per heavy atom. The Kier molecular flexibility index (Phi) is 6.94. The van der Waals surface area contributed by atoms with Crippen LogP contribution in [0.4, 0.5) is 0 Å². The summed E-state index contributed by atoms with van der Waals surface area (Å²) in [6.07, 6.45) is 8.43. The van der Waals surface area contributed by atoms with E-state index >= 15 is 0 Å². The Hall–Kier alpha value is -0.900. The van der Waals surface area contributed by atoms with Crippen LogP contribution in [0.15, 0.2) is 6.33 Å². The van der Waals surface area contributed by atoms with Crippen molar-refractivity contribution < 1.29 is 0 Å². The molecule has 1 atom stereocenters. The van der Waals surface area contributed by atoms with Gasteiger partial charge in [0.05, 0.1) is 0 Å². The average molecular weight is 252 g/mol. The van der Waals surface area contributed by atoms with Crippen LogP contribution >= 0.6 is 0 Å². The second-order valence-electron chi connectivity index (χ2n) is 5.10. The van der Waals surface area contributed by atoms with E-state index in [0.717, 1.165) is 25.2 Å². The van der Waals surface area contributed by atoms with Crippen molar-refractivity contribution in [1.82, 2.24) is 14.8 Å². The summed E-state index contributed by atoms with van der Waals surface area (Å²) in [7, 11) is 0. The molecule has 0 aromatic carbocycles. The SMILES string of the molecule is CCCC(CCC)C(N)Cc1ncnn1CCC. The highest BCUT2D eigenvalue weighted by molar-refractivity contribution is 4.91. The monoisotopic (exact) mass is 252 g/mol. The molecule has 4 nitrogen and oxygen atoms in total. The van der Waals surface area contributed by atoms with E-state index in [1.165, 1.54) is 25.7 Å². The van der Waals surface area contributed by atoms with Gasteiger partial charge in [-0.05, 0) is 25.2 Å². The van der Waals surface area contributed by atoms with Crippen LogP contribution in [0.1, 0.15) is 58.7 Å². The van der Waals surface area contributed by atoms with E-state index in [0.29, 0.717) is 5.92 Å². The zero-order chi connectivity index (χ0) is 13.4. The van der Waals surface area contributed by atoms with Gasteiger partial charge in [-0.3, -0.25) is 4.68 Å². The fourth-order valence-corrected chi connectivity index (χ4v) is 2.54. The van der Waals surface area contributed by atoms with E-state index in [4.69, 9.17) is 5.73 Å². The number of nitrogens with zero attached hydrogens (tertiary/aromatic N) is 3. The Balaban J connectivity index is 2.60. The van der Waals surface area contributed by atoms with Gasteiger partial charge in [-0.15, -0.1) is 0 Å². The molecule has 104 valence electrons. The molecule has 18 heavy (non-hydrogen) atoms. The molecule has 0 saturated carbocycles. The molecule has 1 heterocycles. The zero-order valence-corrected chi connectivity index (χ0v) is 12.1. The minimum atomic E-state index is 0.213. The van der Waals surface area contributed by atoms with Crippen molar-refractivity contribution in [3.05, 3.63) is 12.2 Å². The van der Waals surface area contributed by atoms with Crippen molar-refractivity contribution in [1.29, 1.82) is 0 Å². The van der Waals surface area contributed by atoms with Gasteiger partial charge in [0.1, 0.15) is 12.2 Å². The van der Waals surface area contributed by atoms with E-state index in [1.807, 2.05) is 4.68 Å². The molecular formula is C14H28N4. The average Bonchev–Trinajstić information content (AvgIpc) is 2.77. The molecule has 0 spiro atoms. The standard InChI is InChI=1S/C14H28N4/c1-4-7-12(8-5-2)13(15)10-14-16-11-17-18(14)9-6-3/h11-13H,4-10,15H2,1-3H3. The van der Waals surface area contributed by atoms with Crippen LogP contribution in [0.2, 0.25) is 0 Å².